The fraction of sp³-hybridized carbons (Fsp3) is 0.0200. The molecule has 0 spiro atoms. The first kappa shape index (κ1) is 34.0. The van der Waals surface area contributed by atoms with Crippen LogP contribution in [0.2, 0.25) is 0 Å². The number of amidine groups is 2. The molecule has 0 amide bonds. The van der Waals surface area contributed by atoms with Gasteiger partial charge in [0.2, 0.25) is 0 Å². The summed E-state index contributed by atoms with van der Waals surface area (Å²) in [7, 11) is 0. The van der Waals surface area contributed by atoms with Gasteiger partial charge in [-0.3, -0.25) is 4.98 Å². The summed E-state index contributed by atoms with van der Waals surface area (Å²) in [5.74, 6) is 0.985. The summed E-state index contributed by atoms with van der Waals surface area (Å²) in [6.07, 6.45) is 2.86. The Morgan fingerprint density at radius 3 is 1.75 bits per heavy atom. The zero-order valence-corrected chi connectivity index (χ0v) is 30.8. The van der Waals surface area contributed by atoms with Crippen LogP contribution in [0.4, 0.5) is 0 Å². The second-order valence-corrected chi connectivity index (χ2v) is 14.4. The van der Waals surface area contributed by atoms with Gasteiger partial charge in [0.25, 0.3) is 0 Å². The molecule has 2 N–H and O–H groups in total. The number of aromatic nitrogens is 1. The smallest absolute Gasteiger partial charge is 0.169 e. The Morgan fingerprint density at radius 1 is 0.491 bits per heavy atom. The van der Waals surface area contributed by atoms with Gasteiger partial charge in [-0.15, -0.1) is 0 Å². The lowest BCUT2D eigenvalue weighted by molar-refractivity contribution is 1.26. The molecule has 0 saturated heterocycles. The van der Waals surface area contributed by atoms with Crippen LogP contribution in [0.25, 0.3) is 55.8 Å². The van der Waals surface area contributed by atoms with E-state index in [1.54, 1.807) is 0 Å². The van der Waals surface area contributed by atoms with Gasteiger partial charge in [-0.1, -0.05) is 164 Å². The molecule has 9 rings (SSSR count). The molecule has 1 aromatic heterocycles. The van der Waals surface area contributed by atoms with E-state index in [9.17, 15) is 0 Å². The fourth-order valence-electron chi connectivity index (χ4n) is 7.16. The van der Waals surface area contributed by atoms with Crippen molar-refractivity contribution in [1.29, 1.82) is 0 Å². The van der Waals surface area contributed by atoms with E-state index in [0.717, 1.165) is 50.4 Å². The van der Waals surface area contributed by atoms with Gasteiger partial charge in [-0.05, 0) is 80.8 Å². The third kappa shape index (κ3) is 7.26. The van der Waals surface area contributed by atoms with Crippen LogP contribution in [0.3, 0.4) is 0 Å². The standard InChI is InChI=1S/C50H36N4S/c51-49(39-15-8-3-9-16-39)53-50(54-55-44-28-25-37(26-29-44)35-13-6-2-7-14-35)42-24-23-40-31-41-17-10-18-45(48(41)46(40)32-42)43-27-30-47(52-33-43)38-21-19-36(20-22-38)34-11-4-1-5-12-34/h1-30,32-33H,31H2,(H2,51,53,54). The van der Waals surface area contributed by atoms with Gasteiger partial charge >= 0.3 is 0 Å². The lowest BCUT2D eigenvalue weighted by atomic mass is 9.94. The Kier molecular flexibility index (Phi) is 9.43. The second-order valence-electron chi connectivity index (χ2n) is 13.5. The van der Waals surface area contributed by atoms with Crippen molar-refractivity contribution in [3.63, 3.8) is 0 Å². The molecule has 7 aromatic carbocycles. The van der Waals surface area contributed by atoms with Crippen molar-refractivity contribution in [1.82, 2.24) is 4.98 Å². The molecule has 0 bridgehead atoms. The molecule has 0 radical (unpaired) electrons. The normalized spacial score (nSPS) is 12.3. The first-order valence-corrected chi connectivity index (χ1v) is 19.1. The Labute approximate surface area is 326 Å². The minimum atomic E-state index is 0.418. The fourth-order valence-corrected chi connectivity index (χ4v) is 7.76. The van der Waals surface area contributed by atoms with E-state index in [4.69, 9.17) is 20.1 Å². The van der Waals surface area contributed by atoms with Crippen molar-refractivity contribution in [3.05, 3.63) is 217 Å². The molecule has 1 aliphatic carbocycles. The Hall–Kier alpha value is -6.82. The molecule has 0 fully saturated rings. The van der Waals surface area contributed by atoms with Crippen LogP contribution in [0.15, 0.2) is 209 Å². The highest BCUT2D eigenvalue weighted by Gasteiger charge is 2.23. The van der Waals surface area contributed by atoms with Crippen LogP contribution in [0.5, 0.6) is 0 Å². The van der Waals surface area contributed by atoms with Crippen LogP contribution in [0, 0.1) is 0 Å². The molecular formula is C50H36N4S. The average Bonchev–Trinajstić information content (AvgIpc) is 3.65. The highest BCUT2D eigenvalue weighted by Crippen LogP contribution is 2.44. The minimum absolute atomic E-state index is 0.418. The first-order chi connectivity index (χ1) is 27.2. The van der Waals surface area contributed by atoms with Crippen molar-refractivity contribution >= 4 is 23.6 Å². The van der Waals surface area contributed by atoms with Gasteiger partial charge in [-0.2, -0.15) is 4.40 Å². The molecule has 262 valence electrons. The van der Waals surface area contributed by atoms with Crippen molar-refractivity contribution in [3.8, 4) is 55.8 Å². The summed E-state index contributed by atoms with van der Waals surface area (Å²) in [4.78, 5) is 10.9. The van der Waals surface area contributed by atoms with Crippen LogP contribution in [-0.4, -0.2) is 16.7 Å². The summed E-state index contributed by atoms with van der Waals surface area (Å²) in [6, 6.07) is 65.2. The van der Waals surface area contributed by atoms with E-state index in [-0.39, 0.29) is 0 Å². The third-order valence-corrected chi connectivity index (χ3v) is 10.8. The van der Waals surface area contributed by atoms with Gasteiger partial charge in [-0.25, -0.2) is 4.99 Å². The maximum atomic E-state index is 6.62. The van der Waals surface area contributed by atoms with Gasteiger partial charge < -0.3 is 5.73 Å². The monoisotopic (exact) mass is 724 g/mol. The molecule has 0 unspecified atom stereocenters. The predicted octanol–water partition coefficient (Wildman–Crippen LogP) is 12.2. The Balaban J connectivity index is 1.04. The topological polar surface area (TPSA) is 63.6 Å². The van der Waals surface area contributed by atoms with E-state index in [2.05, 4.69) is 146 Å². The molecule has 8 aromatic rings. The Morgan fingerprint density at radius 2 is 1.09 bits per heavy atom. The highest BCUT2D eigenvalue weighted by molar-refractivity contribution is 7.98. The number of nitrogens with zero attached hydrogens (tertiary/aromatic N) is 3. The minimum Gasteiger partial charge on any atom is -0.383 e. The molecule has 1 heterocycles. The van der Waals surface area contributed by atoms with Gasteiger partial charge in [0.1, 0.15) is 5.84 Å². The molecular weight excluding hydrogens is 689 g/mol. The van der Waals surface area contributed by atoms with Crippen LogP contribution >= 0.6 is 11.9 Å². The summed E-state index contributed by atoms with van der Waals surface area (Å²) in [5.41, 5.74) is 22.4. The number of benzene rings is 7. The lowest BCUT2D eigenvalue weighted by Crippen LogP contribution is -2.16. The van der Waals surface area contributed by atoms with Crippen LogP contribution < -0.4 is 5.73 Å². The molecule has 1 aliphatic rings. The summed E-state index contributed by atoms with van der Waals surface area (Å²) >= 11 is 1.40. The first-order valence-electron chi connectivity index (χ1n) is 18.3. The maximum absolute atomic E-state index is 6.62. The number of fused-ring (bicyclic) bond motifs is 3. The zero-order valence-electron chi connectivity index (χ0n) is 30.0. The summed E-state index contributed by atoms with van der Waals surface area (Å²) < 4.78 is 5.01. The third-order valence-electron chi connectivity index (χ3n) is 10.0. The quantitative estimate of drug-likeness (QED) is 0.0964. The molecule has 55 heavy (non-hydrogen) atoms. The Bertz CT molecular complexity index is 2650. The second kappa shape index (κ2) is 15.3. The number of pyridine rings is 1. The van der Waals surface area contributed by atoms with E-state index >= 15 is 0 Å². The maximum Gasteiger partial charge on any atom is 0.169 e. The van der Waals surface area contributed by atoms with E-state index in [1.807, 2.05) is 48.7 Å². The molecule has 0 saturated carbocycles. The van der Waals surface area contributed by atoms with Gasteiger partial charge in [0.05, 0.1) is 5.69 Å². The number of hydrogen-bond donors (Lipinski definition) is 1. The van der Waals surface area contributed by atoms with Gasteiger partial charge in [0.15, 0.2) is 5.84 Å². The predicted molar refractivity (Wildman–Crippen MR) is 230 cm³/mol. The van der Waals surface area contributed by atoms with Crippen LogP contribution in [0.1, 0.15) is 22.3 Å². The molecule has 4 nitrogen and oxygen atoms in total. The van der Waals surface area contributed by atoms with E-state index < -0.39 is 0 Å². The molecule has 0 atom stereocenters. The summed E-state index contributed by atoms with van der Waals surface area (Å²) in [5, 5.41) is 0. The van der Waals surface area contributed by atoms with Crippen molar-refractivity contribution in [2.24, 2.45) is 15.1 Å². The lowest BCUT2D eigenvalue weighted by Gasteiger charge is -2.12. The van der Waals surface area contributed by atoms with E-state index in [0.29, 0.717) is 11.7 Å². The number of hydrogen-bond acceptors (Lipinski definition) is 3. The van der Waals surface area contributed by atoms with Gasteiger partial charge in [0, 0.05) is 45.3 Å². The number of nitrogens with two attached hydrogens (primary N) is 1. The summed E-state index contributed by atoms with van der Waals surface area (Å²) in [6.45, 7) is 0. The molecule has 0 aliphatic heterocycles. The van der Waals surface area contributed by atoms with Crippen molar-refractivity contribution in [2.45, 2.75) is 11.3 Å². The van der Waals surface area contributed by atoms with Crippen molar-refractivity contribution in [2.75, 3.05) is 0 Å². The highest BCUT2D eigenvalue weighted by atomic mass is 32.2. The van der Waals surface area contributed by atoms with Crippen LogP contribution in [-0.2, 0) is 6.42 Å². The van der Waals surface area contributed by atoms with E-state index in [1.165, 1.54) is 50.9 Å². The average molecular weight is 725 g/mol. The van der Waals surface area contributed by atoms with Crippen molar-refractivity contribution < 1.29 is 0 Å². The number of rotatable bonds is 8. The number of aliphatic imine (C=N–C) groups is 1. The molecule has 5 heteroatoms. The largest absolute Gasteiger partial charge is 0.383 e. The SMILES string of the molecule is NC(=NC(=NSc1ccc(-c2ccccc2)cc1)c1ccc2c(c1)-c1c(cccc1-c1ccc(-c3ccc(-c4ccccc4)cc3)nc1)C2)c1ccccc1. The zero-order chi connectivity index (χ0) is 37.0.